The van der Waals surface area contributed by atoms with E-state index in [4.69, 9.17) is 16.3 Å². The Kier molecular flexibility index (Phi) is 4.09. The number of rotatable bonds is 3. The van der Waals surface area contributed by atoms with Crippen molar-refractivity contribution in [3.8, 4) is 5.75 Å². The van der Waals surface area contributed by atoms with Crippen LogP contribution in [0.5, 0.6) is 5.75 Å². The number of aromatic nitrogens is 1. The van der Waals surface area contributed by atoms with Crippen molar-refractivity contribution in [2.24, 2.45) is 0 Å². The maximum Gasteiger partial charge on any atom is 0.137 e. The molecule has 1 N–H and O–H groups in total. The fourth-order valence-corrected chi connectivity index (χ4v) is 1.97. The van der Waals surface area contributed by atoms with Gasteiger partial charge in [-0.1, -0.05) is 11.6 Å². The Morgan fingerprint density at radius 2 is 2.11 bits per heavy atom. The lowest BCUT2D eigenvalue weighted by molar-refractivity contribution is 0.415. The second kappa shape index (κ2) is 5.59. The summed E-state index contributed by atoms with van der Waals surface area (Å²) in [5, 5.41) is 3.76. The minimum Gasteiger partial charge on any atom is -0.495 e. The molecule has 1 aromatic heterocycles. The van der Waals surface area contributed by atoms with E-state index < -0.39 is 0 Å². The molecule has 18 heavy (non-hydrogen) atoms. The number of pyridine rings is 1. The van der Waals surface area contributed by atoms with E-state index in [9.17, 15) is 0 Å². The van der Waals surface area contributed by atoms with Gasteiger partial charge in [0.25, 0.3) is 0 Å². The molecule has 0 unspecified atom stereocenters. The van der Waals surface area contributed by atoms with Crippen LogP contribution < -0.4 is 10.1 Å². The molecule has 94 valence electrons. The molecule has 2 aromatic rings. The highest BCUT2D eigenvalue weighted by Gasteiger charge is 2.03. The van der Waals surface area contributed by atoms with E-state index in [1.807, 2.05) is 25.1 Å². The Morgan fingerprint density at radius 3 is 2.72 bits per heavy atom. The lowest BCUT2D eigenvalue weighted by Gasteiger charge is -2.09. The van der Waals surface area contributed by atoms with Crippen molar-refractivity contribution in [2.45, 2.75) is 6.92 Å². The maximum atomic E-state index is 6.06. The van der Waals surface area contributed by atoms with Gasteiger partial charge in [-0.2, -0.15) is 0 Å². The summed E-state index contributed by atoms with van der Waals surface area (Å²) in [4.78, 5) is 4.27. The summed E-state index contributed by atoms with van der Waals surface area (Å²) in [7, 11) is 1.59. The number of hydrogen-bond donors (Lipinski definition) is 1. The van der Waals surface area contributed by atoms with Gasteiger partial charge in [0, 0.05) is 16.4 Å². The standard InChI is InChI=1S/C13H12BrClN2O/c1-8-5-13(16-7-10(8)14)17-9-3-4-12(18-2)11(15)6-9/h3-7H,1-2H3,(H,16,17). The zero-order valence-electron chi connectivity index (χ0n) is 10.00. The molecule has 0 amide bonds. The highest BCUT2D eigenvalue weighted by molar-refractivity contribution is 9.10. The summed E-state index contributed by atoms with van der Waals surface area (Å²) in [5.74, 6) is 1.43. The van der Waals surface area contributed by atoms with Crippen molar-refractivity contribution in [2.75, 3.05) is 12.4 Å². The van der Waals surface area contributed by atoms with Gasteiger partial charge in [0.1, 0.15) is 11.6 Å². The van der Waals surface area contributed by atoms with Gasteiger partial charge >= 0.3 is 0 Å². The van der Waals surface area contributed by atoms with Crippen LogP contribution in [0.4, 0.5) is 11.5 Å². The third-order valence-electron chi connectivity index (χ3n) is 2.47. The smallest absolute Gasteiger partial charge is 0.137 e. The molecule has 0 aliphatic rings. The number of methoxy groups -OCH3 is 1. The molecule has 0 saturated heterocycles. The average molecular weight is 328 g/mol. The summed E-state index contributed by atoms with van der Waals surface area (Å²) in [6.07, 6.45) is 1.77. The van der Waals surface area contributed by atoms with Gasteiger partial charge in [-0.25, -0.2) is 4.98 Å². The molecule has 0 atom stereocenters. The molecule has 1 heterocycles. The first-order valence-corrected chi connectivity index (χ1v) is 6.50. The van der Waals surface area contributed by atoms with Gasteiger partial charge in [-0.15, -0.1) is 0 Å². The predicted octanol–water partition coefficient (Wildman–Crippen LogP) is 4.56. The summed E-state index contributed by atoms with van der Waals surface area (Å²) in [5.41, 5.74) is 1.99. The zero-order valence-corrected chi connectivity index (χ0v) is 12.3. The van der Waals surface area contributed by atoms with Crippen LogP contribution in [0.25, 0.3) is 0 Å². The summed E-state index contributed by atoms with van der Waals surface area (Å²) >= 11 is 9.48. The van der Waals surface area contributed by atoms with Crippen molar-refractivity contribution in [3.63, 3.8) is 0 Å². The van der Waals surface area contributed by atoms with Gasteiger partial charge < -0.3 is 10.1 Å². The number of ether oxygens (including phenoxy) is 1. The van der Waals surface area contributed by atoms with Crippen molar-refractivity contribution in [3.05, 3.63) is 45.5 Å². The van der Waals surface area contributed by atoms with E-state index in [1.54, 1.807) is 19.4 Å². The fraction of sp³-hybridized carbons (Fsp3) is 0.154. The Morgan fingerprint density at radius 1 is 1.33 bits per heavy atom. The first kappa shape index (κ1) is 13.2. The molecular formula is C13H12BrClN2O. The van der Waals surface area contributed by atoms with Crippen molar-refractivity contribution in [1.82, 2.24) is 4.98 Å². The topological polar surface area (TPSA) is 34.1 Å². The van der Waals surface area contributed by atoms with Crippen LogP contribution in [0.1, 0.15) is 5.56 Å². The Hall–Kier alpha value is -1.26. The first-order valence-electron chi connectivity index (χ1n) is 5.33. The molecule has 0 spiro atoms. The summed E-state index contributed by atoms with van der Waals surface area (Å²) < 4.78 is 6.09. The molecule has 0 fully saturated rings. The number of benzene rings is 1. The van der Waals surface area contributed by atoms with Crippen LogP contribution >= 0.6 is 27.5 Å². The third-order valence-corrected chi connectivity index (χ3v) is 3.60. The minimum atomic E-state index is 0.566. The van der Waals surface area contributed by atoms with E-state index in [0.29, 0.717) is 10.8 Å². The van der Waals surface area contributed by atoms with Gasteiger partial charge in [0.2, 0.25) is 0 Å². The van der Waals surface area contributed by atoms with Crippen molar-refractivity contribution >= 4 is 39.0 Å². The average Bonchev–Trinajstić information content (AvgIpc) is 2.34. The second-order valence-electron chi connectivity index (χ2n) is 3.79. The van der Waals surface area contributed by atoms with E-state index in [2.05, 4.69) is 26.2 Å². The Labute approximate surface area is 119 Å². The van der Waals surface area contributed by atoms with E-state index in [-0.39, 0.29) is 0 Å². The molecule has 0 bridgehead atoms. The van der Waals surface area contributed by atoms with Crippen LogP contribution in [0.2, 0.25) is 5.02 Å². The monoisotopic (exact) mass is 326 g/mol. The molecule has 2 rings (SSSR count). The largest absolute Gasteiger partial charge is 0.495 e. The SMILES string of the molecule is COc1ccc(Nc2cc(C)c(Br)cn2)cc1Cl. The number of nitrogens with one attached hydrogen (secondary N) is 1. The van der Waals surface area contributed by atoms with Crippen LogP contribution in [0, 0.1) is 6.92 Å². The Balaban J connectivity index is 2.23. The summed E-state index contributed by atoms with van der Waals surface area (Å²) in [6, 6.07) is 7.47. The van der Waals surface area contributed by atoms with Crippen LogP contribution in [0.3, 0.4) is 0 Å². The quantitative estimate of drug-likeness (QED) is 0.897. The third kappa shape index (κ3) is 2.94. The van der Waals surface area contributed by atoms with Gasteiger partial charge in [-0.3, -0.25) is 0 Å². The number of halogens is 2. The normalized spacial score (nSPS) is 10.2. The van der Waals surface area contributed by atoms with E-state index in [0.717, 1.165) is 21.5 Å². The number of anilines is 2. The van der Waals surface area contributed by atoms with Gasteiger partial charge in [-0.05, 0) is 52.7 Å². The van der Waals surface area contributed by atoms with Crippen molar-refractivity contribution in [1.29, 1.82) is 0 Å². The molecule has 0 saturated carbocycles. The molecule has 5 heteroatoms. The number of hydrogen-bond acceptors (Lipinski definition) is 3. The minimum absolute atomic E-state index is 0.566. The second-order valence-corrected chi connectivity index (χ2v) is 5.05. The lowest BCUT2D eigenvalue weighted by Crippen LogP contribution is -1.95. The molecule has 0 radical (unpaired) electrons. The number of nitrogens with zero attached hydrogens (tertiary/aromatic N) is 1. The van der Waals surface area contributed by atoms with Gasteiger partial charge in [0.15, 0.2) is 0 Å². The lowest BCUT2D eigenvalue weighted by atomic mass is 10.2. The fourth-order valence-electron chi connectivity index (χ4n) is 1.50. The molecule has 1 aromatic carbocycles. The summed E-state index contributed by atoms with van der Waals surface area (Å²) in [6.45, 7) is 2.01. The van der Waals surface area contributed by atoms with E-state index in [1.165, 1.54) is 0 Å². The first-order chi connectivity index (χ1) is 8.60. The number of aryl methyl sites for hydroxylation is 1. The molecular weight excluding hydrogens is 316 g/mol. The molecule has 3 nitrogen and oxygen atoms in total. The van der Waals surface area contributed by atoms with Crippen molar-refractivity contribution < 1.29 is 4.74 Å². The molecule has 0 aliphatic heterocycles. The predicted molar refractivity (Wildman–Crippen MR) is 78.0 cm³/mol. The van der Waals surface area contributed by atoms with Gasteiger partial charge in [0.05, 0.1) is 12.1 Å². The maximum absolute atomic E-state index is 6.06. The highest BCUT2D eigenvalue weighted by atomic mass is 79.9. The Bertz CT molecular complexity index is 575. The van der Waals surface area contributed by atoms with Crippen LogP contribution in [0.15, 0.2) is 34.9 Å². The molecule has 0 aliphatic carbocycles. The van der Waals surface area contributed by atoms with Crippen LogP contribution in [-0.2, 0) is 0 Å². The van der Waals surface area contributed by atoms with E-state index >= 15 is 0 Å². The highest BCUT2D eigenvalue weighted by Crippen LogP contribution is 2.29. The zero-order chi connectivity index (χ0) is 13.1. The van der Waals surface area contributed by atoms with Crippen LogP contribution in [-0.4, -0.2) is 12.1 Å².